The van der Waals surface area contributed by atoms with Gasteiger partial charge in [-0.05, 0) is 32.3 Å². The Bertz CT molecular complexity index is 834. The van der Waals surface area contributed by atoms with Gasteiger partial charge in [-0.15, -0.1) is 0 Å². The van der Waals surface area contributed by atoms with Crippen LogP contribution in [0.5, 0.6) is 5.75 Å². The summed E-state index contributed by atoms with van der Waals surface area (Å²) in [4.78, 5) is 30.6. The molecule has 3 N–H and O–H groups in total. The van der Waals surface area contributed by atoms with Crippen LogP contribution in [0.3, 0.4) is 0 Å². The van der Waals surface area contributed by atoms with Gasteiger partial charge >= 0.3 is 0 Å². The number of carbonyl (C=O) groups is 2. The fourth-order valence-corrected chi connectivity index (χ4v) is 4.38. The van der Waals surface area contributed by atoms with Crippen molar-refractivity contribution in [2.45, 2.75) is 76.6 Å². The molecule has 4 rings (SSSR count). The second kappa shape index (κ2) is 9.04. The summed E-state index contributed by atoms with van der Waals surface area (Å²) < 4.78 is 6.11. The highest BCUT2D eigenvalue weighted by atomic mass is 16.5. The Hall–Kier alpha value is -2.61. The van der Waals surface area contributed by atoms with E-state index in [1.807, 2.05) is 25.1 Å². The lowest BCUT2D eigenvalue weighted by atomic mass is 9.95. The van der Waals surface area contributed by atoms with Gasteiger partial charge in [-0.3, -0.25) is 14.9 Å². The van der Waals surface area contributed by atoms with Gasteiger partial charge in [-0.25, -0.2) is 4.99 Å². The topological polar surface area (TPSA) is 103 Å². The van der Waals surface area contributed by atoms with Crippen LogP contribution in [0.25, 0.3) is 0 Å². The van der Waals surface area contributed by atoms with E-state index in [0.29, 0.717) is 42.8 Å². The third-order valence-corrected chi connectivity index (χ3v) is 6.08. The largest absolute Gasteiger partial charge is 0.488 e. The number of nitrogens with zero attached hydrogens (tertiary/aromatic N) is 2. The SMILES string of the molecule is CC(CCC(=O)NC1CCCCC1)Oc1cccc2c1N=C1NC(=O)C(CO)N1C2. The quantitative estimate of drug-likeness (QED) is 0.633. The molecule has 1 aromatic rings. The molecular weight excluding hydrogens is 384 g/mol. The molecule has 0 spiro atoms. The maximum atomic E-state index is 12.3. The molecular formula is C22H30N4O4. The summed E-state index contributed by atoms with van der Waals surface area (Å²) in [6.45, 7) is 2.18. The molecule has 0 bridgehead atoms. The van der Waals surface area contributed by atoms with Gasteiger partial charge in [0.2, 0.25) is 11.9 Å². The minimum atomic E-state index is -0.608. The molecule has 2 fully saturated rings. The summed E-state index contributed by atoms with van der Waals surface area (Å²) in [5.41, 5.74) is 1.63. The molecule has 0 radical (unpaired) electrons. The number of carbonyl (C=O) groups excluding carboxylic acids is 2. The average Bonchev–Trinajstić information content (AvgIpc) is 3.05. The van der Waals surface area contributed by atoms with Crippen LogP contribution in [0, 0.1) is 0 Å². The van der Waals surface area contributed by atoms with E-state index in [2.05, 4.69) is 15.6 Å². The molecule has 0 aromatic heterocycles. The summed E-state index contributed by atoms with van der Waals surface area (Å²) >= 11 is 0. The first kappa shape index (κ1) is 20.7. The molecule has 3 aliphatic rings. The number of aliphatic hydroxyl groups excluding tert-OH is 1. The normalized spacial score (nSPS) is 21.9. The number of fused-ring (bicyclic) bond motifs is 2. The fraction of sp³-hybridized carbons (Fsp3) is 0.591. The minimum Gasteiger partial charge on any atom is -0.488 e. The zero-order chi connectivity index (χ0) is 21.1. The third kappa shape index (κ3) is 4.43. The van der Waals surface area contributed by atoms with Crippen molar-refractivity contribution >= 4 is 23.5 Å². The predicted octanol–water partition coefficient (Wildman–Crippen LogP) is 1.98. The van der Waals surface area contributed by atoms with Crippen molar-refractivity contribution in [1.82, 2.24) is 15.5 Å². The van der Waals surface area contributed by atoms with Crippen LogP contribution in [-0.4, -0.2) is 52.6 Å². The Morgan fingerprint density at radius 3 is 2.93 bits per heavy atom. The molecule has 2 heterocycles. The molecule has 8 heteroatoms. The van der Waals surface area contributed by atoms with Crippen molar-refractivity contribution in [3.05, 3.63) is 23.8 Å². The number of hydrogen-bond donors (Lipinski definition) is 3. The Morgan fingerprint density at radius 1 is 1.37 bits per heavy atom. The molecule has 1 saturated carbocycles. The van der Waals surface area contributed by atoms with Crippen LogP contribution in [0.4, 0.5) is 5.69 Å². The van der Waals surface area contributed by atoms with Crippen molar-refractivity contribution in [3.8, 4) is 5.75 Å². The number of aliphatic hydroxyl groups is 1. The van der Waals surface area contributed by atoms with Gasteiger partial charge in [-0.2, -0.15) is 0 Å². The van der Waals surface area contributed by atoms with Gasteiger partial charge in [0.25, 0.3) is 5.91 Å². The van der Waals surface area contributed by atoms with Gasteiger partial charge in [0.15, 0.2) is 0 Å². The average molecular weight is 415 g/mol. The zero-order valence-electron chi connectivity index (χ0n) is 17.4. The standard InChI is InChI=1S/C22H30N4O4/c1-14(10-11-19(28)23-16-7-3-2-4-8-16)30-18-9-5-6-15-12-26-17(13-27)21(29)25-22(26)24-20(15)18/h5-6,9,14,16-17,27H,2-4,7-8,10-13H2,1H3,(H,23,28)(H,24,25,29). The Balaban J connectivity index is 1.36. The summed E-state index contributed by atoms with van der Waals surface area (Å²) in [5.74, 6) is 0.930. The second-order valence-electron chi connectivity index (χ2n) is 8.38. The number of ether oxygens (including phenoxy) is 1. The monoisotopic (exact) mass is 414 g/mol. The number of aliphatic imine (C=N–C) groups is 1. The maximum absolute atomic E-state index is 12.3. The third-order valence-electron chi connectivity index (χ3n) is 6.08. The van der Waals surface area contributed by atoms with E-state index in [-0.39, 0.29) is 24.5 Å². The van der Waals surface area contributed by atoms with E-state index >= 15 is 0 Å². The van der Waals surface area contributed by atoms with Crippen LogP contribution in [0.1, 0.15) is 57.4 Å². The summed E-state index contributed by atoms with van der Waals surface area (Å²) in [7, 11) is 0. The molecule has 8 nitrogen and oxygen atoms in total. The molecule has 1 saturated heterocycles. The van der Waals surface area contributed by atoms with Crippen molar-refractivity contribution in [2.24, 2.45) is 4.99 Å². The number of rotatable bonds is 7. The van der Waals surface area contributed by atoms with E-state index < -0.39 is 6.04 Å². The van der Waals surface area contributed by atoms with E-state index in [0.717, 1.165) is 18.4 Å². The Kier molecular flexibility index (Phi) is 6.22. The molecule has 2 aliphatic heterocycles. The van der Waals surface area contributed by atoms with Crippen molar-refractivity contribution < 1.29 is 19.4 Å². The highest BCUT2D eigenvalue weighted by Gasteiger charge is 2.39. The van der Waals surface area contributed by atoms with Crippen LogP contribution in [-0.2, 0) is 16.1 Å². The first-order chi connectivity index (χ1) is 14.5. The smallest absolute Gasteiger partial charge is 0.251 e. The van der Waals surface area contributed by atoms with E-state index in [9.17, 15) is 14.7 Å². The zero-order valence-corrected chi connectivity index (χ0v) is 17.4. The molecule has 2 unspecified atom stereocenters. The lowest BCUT2D eigenvalue weighted by Crippen LogP contribution is -2.39. The van der Waals surface area contributed by atoms with E-state index in [4.69, 9.17) is 4.74 Å². The predicted molar refractivity (Wildman–Crippen MR) is 112 cm³/mol. The minimum absolute atomic E-state index is 0.0899. The Labute approximate surface area is 176 Å². The van der Waals surface area contributed by atoms with Crippen molar-refractivity contribution in [2.75, 3.05) is 6.61 Å². The lowest BCUT2D eigenvalue weighted by molar-refractivity contribution is -0.123. The molecule has 162 valence electrons. The van der Waals surface area contributed by atoms with Crippen LogP contribution >= 0.6 is 0 Å². The number of amides is 2. The lowest BCUT2D eigenvalue weighted by Gasteiger charge is -2.28. The summed E-state index contributed by atoms with van der Waals surface area (Å²) in [6.07, 6.45) is 6.74. The van der Waals surface area contributed by atoms with Crippen molar-refractivity contribution in [3.63, 3.8) is 0 Å². The number of guanidine groups is 1. The number of nitrogens with one attached hydrogen (secondary N) is 2. The molecule has 2 amide bonds. The second-order valence-corrected chi connectivity index (χ2v) is 8.38. The molecule has 2 atom stereocenters. The molecule has 1 aromatic carbocycles. The van der Waals surface area contributed by atoms with Gasteiger partial charge < -0.3 is 20.1 Å². The molecule has 1 aliphatic carbocycles. The van der Waals surface area contributed by atoms with Gasteiger partial charge in [0.1, 0.15) is 17.5 Å². The van der Waals surface area contributed by atoms with Crippen LogP contribution in [0.15, 0.2) is 23.2 Å². The highest BCUT2D eigenvalue weighted by Crippen LogP contribution is 2.37. The van der Waals surface area contributed by atoms with E-state index in [1.54, 1.807) is 4.90 Å². The van der Waals surface area contributed by atoms with Gasteiger partial charge in [0, 0.05) is 24.6 Å². The number of hydrogen-bond acceptors (Lipinski definition) is 6. The van der Waals surface area contributed by atoms with Crippen molar-refractivity contribution in [1.29, 1.82) is 0 Å². The van der Waals surface area contributed by atoms with Crippen LogP contribution < -0.4 is 15.4 Å². The fourth-order valence-electron chi connectivity index (χ4n) is 4.38. The Morgan fingerprint density at radius 2 is 2.17 bits per heavy atom. The van der Waals surface area contributed by atoms with Gasteiger partial charge in [0.05, 0.1) is 12.7 Å². The molecule has 30 heavy (non-hydrogen) atoms. The first-order valence-corrected chi connectivity index (χ1v) is 10.9. The summed E-state index contributed by atoms with van der Waals surface area (Å²) in [5, 5.41) is 15.4. The van der Waals surface area contributed by atoms with Crippen LogP contribution in [0.2, 0.25) is 0 Å². The summed E-state index contributed by atoms with van der Waals surface area (Å²) in [6, 6.07) is 5.42. The number of para-hydroxylation sites is 1. The first-order valence-electron chi connectivity index (χ1n) is 10.9. The highest BCUT2D eigenvalue weighted by molar-refractivity contribution is 6.08. The maximum Gasteiger partial charge on any atom is 0.251 e. The number of benzene rings is 1. The van der Waals surface area contributed by atoms with Gasteiger partial charge in [-0.1, -0.05) is 31.4 Å². The van der Waals surface area contributed by atoms with E-state index in [1.165, 1.54) is 19.3 Å².